The quantitative estimate of drug-likeness (QED) is 0.692. The van der Waals surface area contributed by atoms with Crippen molar-refractivity contribution in [3.05, 3.63) is 68.0 Å². The van der Waals surface area contributed by atoms with E-state index in [4.69, 9.17) is 34.8 Å². The average Bonchev–Trinajstić information content (AvgIpc) is 2.86. The highest BCUT2D eigenvalue weighted by molar-refractivity contribution is 8.18. The lowest BCUT2D eigenvalue weighted by Gasteiger charge is -2.00. The van der Waals surface area contributed by atoms with Crippen molar-refractivity contribution in [2.24, 2.45) is 4.99 Å². The molecule has 0 bridgehead atoms. The van der Waals surface area contributed by atoms with Gasteiger partial charge in [-0.3, -0.25) is 4.79 Å². The van der Waals surface area contributed by atoms with Crippen LogP contribution >= 0.6 is 46.6 Å². The zero-order valence-corrected chi connectivity index (χ0v) is 14.6. The topological polar surface area (TPSA) is 41.5 Å². The van der Waals surface area contributed by atoms with Gasteiger partial charge in [0.1, 0.15) is 0 Å². The molecule has 116 valence electrons. The Morgan fingerprint density at radius 3 is 2.52 bits per heavy atom. The van der Waals surface area contributed by atoms with Crippen LogP contribution in [0.25, 0.3) is 6.08 Å². The van der Waals surface area contributed by atoms with E-state index in [1.165, 1.54) is 11.8 Å². The van der Waals surface area contributed by atoms with Crippen LogP contribution in [-0.4, -0.2) is 11.1 Å². The second-order valence-corrected chi connectivity index (χ2v) is 6.80. The smallest absolute Gasteiger partial charge is 0.264 e. The Balaban J connectivity index is 1.90. The minimum Gasteiger partial charge on any atom is -0.300 e. The molecule has 1 amide bonds. The molecule has 7 heteroatoms. The van der Waals surface area contributed by atoms with E-state index in [0.717, 1.165) is 0 Å². The summed E-state index contributed by atoms with van der Waals surface area (Å²) in [6.07, 6.45) is 1.68. The van der Waals surface area contributed by atoms with Gasteiger partial charge in [0, 0.05) is 0 Å². The number of thioether (sulfide) groups is 1. The maximum Gasteiger partial charge on any atom is 0.264 e. The van der Waals surface area contributed by atoms with Crippen LogP contribution in [0.3, 0.4) is 0 Å². The summed E-state index contributed by atoms with van der Waals surface area (Å²) < 4.78 is 0. The van der Waals surface area contributed by atoms with Crippen molar-refractivity contribution < 1.29 is 4.79 Å². The molecular formula is C16H9Cl3N2OS. The molecule has 1 fully saturated rings. The summed E-state index contributed by atoms with van der Waals surface area (Å²) in [5.74, 6) is -0.239. The van der Waals surface area contributed by atoms with Crippen molar-refractivity contribution in [2.45, 2.75) is 0 Å². The number of benzene rings is 2. The Labute approximate surface area is 152 Å². The maximum absolute atomic E-state index is 12.1. The maximum atomic E-state index is 12.1. The highest BCUT2D eigenvalue weighted by Gasteiger charge is 2.24. The number of hydrogen-bond acceptors (Lipinski definition) is 3. The molecule has 1 N–H and O–H groups in total. The second-order valence-electron chi connectivity index (χ2n) is 4.58. The number of amides is 1. The van der Waals surface area contributed by atoms with E-state index in [0.29, 0.717) is 36.4 Å². The third kappa shape index (κ3) is 3.72. The number of carbonyl (C=O) groups is 1. The molecule has 0 saturated carbocycles. The molecule has 1 heterocycles. The minimum absolute atomic E-state index is 0.239. The molecule has 0 atom stereocenters. The number of hydrogen-bond donors (Lipinski definition) is 1. The highest BCUT2D eigenvalue weighted by Crippen LogP contribution is 2.33. The Morgan fingerprint density at radius 2 is 1.74 bits per heavy atom. The number of amidine groups is 1. The predicted octanol–water partition coefficient (Wildman–Crippen LogP) is 5.54. The van der Waals surface area contributed by atoms with Gasteiger partial charge < -0.3 is 5.32 Å². The first-order valence-corrected chi connectivity index (χ1v) is 8.48. The first kappa shape index (κ1) is 16.4. The fraction of sp³-hybridized carbons (Fsp3) is 0. The number of aliphatic imine (C=N–C) groups is 1. The van der Waals surface area contributed by atoms with E-state index < -0.39 is 0 Å². The van der Waals surface area contributed by atoms with Gasteiger partial charge in [-0.05, 0) is 41.6 Å². The molecule has 1 aliphatic rings. The molecule has 0 unspecified atom stereocenters. The fourth-order valence-corrected chi connectivity index (χ4v) is 3.27. The van der Waals surface area contributed by atoms with Gasteiger partial charge in [-0.1, -0.05) is 59.1 Å². The number of nitrogens with zero attached hydrogens (tertiary/aromatic N) is 1. The lowest BCUT2D eigenvalue weighted by atomic mass is 10.2. The molecule has 0 aliphatic carbocycles. The van der Waals surface area contributed by atoms with Crippen LogP contribution in [0.15, 0.2) is 52.4 Å². The largest absolute Gasteiger partial charge is 0.300 e. The number of carbonyl (C=O) groups excluding carboxylic acids is 1. The lowest BCUT2D eigenvalue weighted by molar-refractivity contribution is -0.115. The Bertz CT molecular complexity index is 849. The Hall–Kier alpha value is -1.46. The van der Waals surface area contributed by atoms with Gasteiger partial charge >= 0.3 is 0 Å². The van der Waals surface area contributed by atoms with Gasteiger partial charge in [-0.2, -0.15) is 0 Å². The van der Waals surface area contributed by atoms with E-state index in [9.17, 15) is 4.79 Å². The minimum atomic E-state index is -0.239. The van der Waals surface area contributed by atoms with Crippen LogP contribution in [0, 0.1) is 0 Å². The van der Waals surface area contributed by atoms with Gasteiger partial charge in [0.25, 0.3) is 5.91 Å². The number of halogens is 3. The zero-order valence-electron chi connectivity index (χ0n) is 11.5. The zero-order chi connectivity index (χ0) is 16.4. The lowest BCUT2D eigenvalue weighted by Crippen LogP contribution is -2.19. The third-order valence-corrected chi connectivity index (χ3v) is 5.06. The fourth-order valence-electron chi connectivity index (χ4n) is 1.91. The molecule has 0 radical (unpaired) electrons. The summed E-state index contributed by atoms with van der Waals surface area (Å²) in [4.78, 5) is 16.9. The summed E-state index contributed by atoms with van der Waals surface area (Å²) in [5, 5.41) is 4.54. The van der Waals surface area contributed by atoms with Crippen molar-refractivity contribution in [1.82, 2.24) is 5.32 Å². The molecule has 0 aromatic heterocycles. The molecule has 2 aromatic carbocycles. The van der Waals surface area contributed by atoms with Gasteiger partial charge in [0.05, 0.1) is 25.7 Å². The molecular weight excluding hydrogens is 375 g/mol. The first-order valence-electron chi connectivity index (χ1n) is 6.53. The van der Waals surface area contributed by atoms with Crippen LogP contribution in [0.1, 0.15) is 5.56 Å². The summed E-state index contributed by atoms with van der Waals surface area (Å²) in [6.45, 7) is 0. The molecule has 0 spiro atoms. The SMILES string of the molecule is O=C1NC(=Nc2ccccc2Cl)S/C1=C/c1cccc(Cl)c1Cl. The normalized spacial score (nSPS) is 17.8. The summed E-state index contributed by atoms with van der Waals surface area (Å²) in [6, 6.07) is 12.4. The average molecular weight is 384 g/mol. The van der Waals surface area contributed by atoms with Gasteiger partial charge in [0.2, 0.25) is 0 Å². The monoisotopic (exact) mass is 382 g/mol. The number of para-hydroxylation sites is 1. The van der Waals surface area contributed by atoms with Crippen molar-refractivity contribution in [3.8, 4) is 0 Å². The Morgan fingerprint density at radius 1 is 1.00 bits per heavy atom. The molecule has 1 aliphatic heterocycles. The molecule has 3 nitrogen and oxygen atoms in total. The van der Waals surface area contributed by atoms with E-state index in [-0.39, 0.29) is 5.91 Å². The van der Waals surface area contributed by atoms with E-state index in [1.54, 1.807) is 36.4 Å². The summed E-state index contributed by atoms with van der Waals surface area (Å²) >= 11 is 19.4. The van der Waals surface area contributed by atoms with E-state index >= 15 is 0 Å². The van der Waals surface area contributed by atoms with Crippen molar-refractivity contribution in [3.63, 3.8) is 0 Å². The summed E-state index contributed by atoms with van der Waals surface area (Å²) in [7, 11) is 0. The van der Waals surface area contributed by atoms with Crippen LogP contribution in [0.2, 0.25) is 15.1 Å². The van der Waals surface area contributed by atoms with Crippen molar-refractivity contribution >= 4 is 69.4 Å². The number of rotatable bonds is 2. The van der Waals surface area contributed by atoms with Gasteiger partial charge in [-0.15, -0.1) is 0 Å². The van der Waals surface area contributed by atoms with Crippen molar-refractivity contribution in [1.29, 1.82) is 0 Å². The predicted molar refractivity (Wildman–Crippen MR) is 98.7 cm³/mol. The standard InChI is InChI=1S/C16H9Cl3N2OS/c17-10-5-1-2-7-12(10)20-16-21-15(22)13(23-16)8-9-4-3-6-11(18)14(9)19/h1-8H,(H,20,21,22)/b13-8+. The van der Waals surface area contributed by atoms with E-state index in [2.05, 4.69) is 10.3 Å². The van der Waals surface area contributed by atoms with Crippen LogP contribution in [-0.2, 0) is 4.79 Å². The molecule has 3 rings (SSSR count). The van der Waals surface area contributed by atoms with Crippen LogP contribution in [0.5, 0.6) is 0 Å². The number of nitrogens with one attached hydrogen (secondary N) is 1. The molecule has 2 aromatic rings. The highest BCUT2D eigenvalue weighted by atomic mass is 35.5. The third-order valence-electron chi connectivity index (χ3n) is 2.99. The first-order chi connectivity index (χ1) is 11.0. The van der Waals surface area contributed by atoms with Crippen molar-refractivity contribution in [2.75, 3.05) is 0 Å². The van der Waals surface area contributed by atoms with E-state index in [1.807, 2.05) is 12.1 Å². The molecule has 23 heavy (non-hydrogen) atoms. The van der Waals surface area contributed by atoms with Crippen LogP contribution in [0.4, 0.5) is 5.69 Å². The molecule has 1 saturated heterocycles. The van der Waals surface area contributed by atoms with Gasteiger partial charge in [0.15, 0.2) is 5.17 Å². The van der Waals surface area contributed by atoms with Gasteiger partial charge in [-0.25, -0.2) is 4.99 Å². The second kappa shape index (κ2) is 6.97. The van der Waals surface area contributed by atoms with Crippen LogP contribution < -0.4 is 5.32 Å². The summed E-state index contributed by atoms with van der Waals surface area (Å²) in [5.41, 5.74) is 1.27. The Kier molecular flexibility index (Phi) is 4.97.